The van der Waals surface area contributed by atoms with E-state index >= 15 is 0 Å². The Morgan fingerprint density at radius 1 is 1.19 bits per heavy atom. The largest absolute Gasteiger partial charge is 0.507 e. The second-order valence-electron chi connectivity index (χ2n) is 12.2. The number of aliphatic hydroxyl groups is 2. The first-order valence-corrected chi connectivity index (χ1v) is 17.2. The molecular formula is C31H36N3O11PS. The van der Waals surface area contributed by atoms with Crippen molar-refractivity contribution in [3.63, 3.8) is 0 Å². The smallest absolute Gasteiger partial charge is 0.211 e. The summed E-state index contributed by atoms with van der Waals surface area (Å²) in [5.74, 6) is -3.24. The van der Waals surface area contributed by atoms with Gasteiger partial charge in [-0.25, -0.2) is 0 Å². The molecule has 1 heterocycles. The molecule has 6 N–H and O–H groups in total. The summed E-state index contributed by atoms with van der Waals surface area (Å²) < 4.78 is 21.3. The fourth-order valence-electron chi connectivity index (χ4n) is 6.27. The quantitative estimate of drug-likeness (QED) is 0.0993. The van der Waals surface area contributed by atoms with E-state index in [0.29, 0.717) is 6.29 Å². The first kappa shape index (κ1) is 34.9. The Hall–Kier alpha value is -3.43. The zero-order valence-corrected chi connectivity index (χ0v) is 27.8. The van der Waals surface area contributed by atoms with Crippen LogP contribution in [0.4, 0.5) is 0 Å². The van der Waals surface area contributed by atoms with Gasteiger partial charge < -0.3 is 45.2 Å². The number of hydrogen-bond acceptors (Lipinski definition) is 13. The molecule has 0 amide bonds. The van der Waals surface area contributed by atoms with Gasteiger partial charge >= 0.3 is 0 Å². The summed E-state index contributed by atoms with van der Waals surface area (Å²) in [5, 5.41) is 49.4. The van der Waals surface area contributed by atoms with E-state index in [2.05, 4.69) is 17.6 Å². The number of nitrogens with zero attached hydrogens (tertiary/aromatic N) is 2. The number of aromatic hydroxyl groups is 2. The van der Waals surface area contributed by atoms with Crippen molar-refractivity contribution < 1.29 is 53.8 Å². The summed E-state index contributed by atoms with van der Waals surface area (Å²) in [7, 11) is 3.12. The van der Waals surface area contributed by atoms with Gasteiger partial charge in [0.2, 0.25) is 10.9 Å². The van der Waals surface area contributed by atoms with Crippen LogP contribution in [0.2, 0.25) is 0 Å². The number of aldehydes is 1. The van der Waals surface area contributed by atoms with Crippen molar-refractivity contribution in [2.45, 2.75) is 82.3 Å². The number of carbonyl (C=O) groups is 4. The lowest BCUT2D eigenvalue weighted by Crippen LogP contribution is -2.53. The number of hydrogen-bond donors (Lipinski definition) is 5. The number of aliphatic hydroxyl groups excluding tert-OH is 1. The Morgan fingerprint density at radius 2 is 1.87 bits per heavy atom. The molecule has 3 aliphatic rings. The number of fused-ring (bicyclic) bond motifs is 3. The van der Waals surface area contributed by atoms with E-state index in [1.165, 1.54) is 25.3 Å². The van der Waals surface area contributed by atoms with Gasteiger partial charge in [-0.15, -0.1) is 4.52 Å². The molecule has 14 nitrogen and oxygen atoms in total. The van der Waals surface area contributed by atoms with Crippen LogP contribution < -0.4 is 10.5 Å². The zero-order chi connectivity index (χ0) is 34.5. The van der Waals surface area contributed by atoms with Crippen molar-refractivity contribution in [3.8, 4) is 17.2 Å². The summed E-state index contributed by atoms with van der Waals surface area (Å²) >= 11 is 0. The zero-order valence-electron chi connectivity index (χ0n) is 26.0. The number of carbonyl (C=O) groups excluding carboxylic acids is 4. The minimum atomic E-state index is -2.14. The van der Waals surface area contributed by atoms with Crippen molar-refractivity contribution >= 4 is 41.2 Å². The molecule has 5 rings (SSSR count). The Balaban J connectivity index is 1.66. The van der Waals surface area contributed by atoms with Crippen LogP contribution >= 0.6 is 8.02 Å². The maximum Gasteiger partial charge on any atom is 0.211 e. The third-order valence-electron chi connectivity index (χ3n) is 8.77. The van der Waals surface area contributed by atoms with Crippen LogP contribution in [0.15, 0.2) is 27.8 Å². The van der Waals surface area contributed by atoms with Crippen LogP contribution in [0, 0.1) is 5.92 Å². The lowest BCUT2D eigenvalue weighted by Gasteiger charge is -2.43. The van der Waals surface area contributed by atoms with E-state index < -0.39 is 105 Å². The first-order valence-electron chi connectivity index (χ1n) is 14.8. The van der Waals surface area contributed by atoms with Gasteiger partial charge in [-0.2, -0.15) is 5.11 Å². The molecule has 2 aliphatic carbocycles. The minimum absolute atomic E-state index is 0.00424. The van der Waals surface area contributed by atoms with Gasteiger partial charge in [0.1, 0.15) is 29.1 Å². The van der Waals surface area contributed by atoms with Crippen LogP contribution in [0.1, 0.15) is 82.7 Å². The summed E-state index contributed by atoms with van der Waals surface area (Å²) in [5.41, 5.74) is 2.55. The SMILES string of the molecule is COc1cccc2c1C(=O)c1c(O)c3c(c(O)c1C2=O)C[C@@](O)(C(C=O)N=NS(=P)C(=O)C(C)C)C[C@@H]3OC1CC(N)C(O)C(C)O1. The molecule has 6 unspecified atom stereocenters. The van der Waals surface area contributed by atoms with Crippen LogP contribution in [0.3, 0.4) is 0 Å². The topological polar surface area (TPSA) is 228 Å². The second-order valence-corrected chi connectivity index (χ2v) is 14.5. The number of ether oxygens (including phenoxy) is 3. The van der Waals surface area contributed by atoms with Gasteiger partial charge in [-0.05, 0) is 13.0 Å². The molecule has 1 fully saturated rings. The molecule has 252 valence electrons. The van der Waals surface area contributed by atoms with Crippen molar-refractivity contribution in [2.75, 3.05) is 7.11 Å². The lowest BCUT2D eigenvalue weighted by molar-refractivity contribution is -0.248. The fourth-order valence-corrected chi connectivity index (χ4v) is 7.84. The normalized spacial score (nSPS) is 28.4. The van der Waals surface area contributed by atoms with Gasteiger partial charge in [-0.3, -0.25) is 14.4 Å². The van der Waals surface area contributed by atoms with E-state index in [1.807, 2.05) is 0 Å². The number of phenolic OH excluding ortho intramolecular Hbond substituents is 2. The molecule has 47 heavy (non-hydrogen) atoms. The Bertz CT molecular complexity index is 1700. The standard InChI is InChI=1S/C31H36N3O11PS/c1-12(2)30(41)47(46)34-33-19(11-35)31(42)9-15-22(18(10-31)45-20-8-16(32)25(36)13(3)44-20)29(40)24-23(27(15)38)26(37)14-6-5-7-17(43-4)21(14)28(24)39/h5-7,11-13,16,18-20,25,36,38,40,42,46H,8-10,32H2,1-4H3/t13?,16?,18-,19?,20?,25?,31-,47?/m0/s1. The van der Waals surface area contributed by atoms with E-state index in [-0.39, 0.29) is 39.5 Å². The molecule has 0 saturated carbocycles. The van der Waals surface area contributed by atoms with Gasteiger partial charge in [-0.1, -0.05) is 34.0 Å². The number of rotatable bonds is 8. The third kappa shape index (κ3) is 6.06. The maximum absolute atomic E-state index is 13.9. The number of ketones is 2. The highest BCUT2D eigenvalue weighted by molar-refractivity contribution is 8.25. The van der Waals surface area contributed by atoms with Crippen LogP contribution in [-0.2, 0) is 35.7 Å². The summed E-state index contributed by atoms with van der Waals surface area (Å²) in [6.45, 7) is 4.91. The van der Waals surface area contributed by atoms with Crippen molar-refractivity contribution in [1.29, 1.82) is 0 Å². The van der Waals surface area contributed by atoms with Gasteiger partial charge in [0, 0.05) is 58.2 Å². The van der Waals surface area contributed by atoms with E-state index in [0.717, 1.165) is 0 Å². The molecule has 0 bridgehead atoms. The third-order valence-corrected chi connectivity index (χ3v) is 10.7. The second kappa shape index (κ2) is 13.2. The van der Waals surface area contributed by atoms with Crippen molar-refractivity contribution in [1.82, 2.24) is 0 Å². The minimum Gasteiger partial charge on any atom is -0.507 e. The number of benzene rings is 2. The molecular weight excluding hydrogens is 653 g/mol. The van der Waals surface area contributed by atoms with Crippen LogP contribution in [0.25, 0.3) is 0 Å². The molecule has 2 aromatic rings. The molecule has 0 radical (unpaired) electrons. The molecule has 8 atom stereocenters. The predicted octanol–water partition coefficient (Wildman–Crippen LogP) is 2.23. The van der Waals surface area contributed by atoms with E-state index in [1.54, 1.807) is 20.8 Å². The Morgan fingerprint density at radius 3 is 2.49 bits per heavy atom. The predicted molar refractivity (Wildman–Crippen MR) is 170 cm³/mol. The summed E-state index contributed by atoms with van der Waals surface area (Å²) in [4.78, 5) is 52.4. The molecule has 0 spiro atoms. The first-order chi connectivity index (χ1) is 22.1. The van der Waals surface area contributed by atoms with Crippen LogP contribution in [-0.4, -0.2) is 86.7 Å². The van der Waals surface area contributed by atoms with E-state index in [4.69, 9.17) is 19.9 Å². The van der Waals surface area contributed by atoms with Gasteiger partial charge in [0.05, 0.1) is 42.1 Å². The molecule has 16 heteroatoms. The number of nitrogens with two attached hydrogens (primary N) is 1. The molecule has 1 aliphatic heterocycles. The highest BCUT2D eigenvalue weighted by Gasteiger charge is 2.51. The number of phenols is 2. The van der Waals surface area contributed by atoms with Crippen molar-refractivity contribution in [3.05, 3.63) is 51.6 Å². The average molecular weight is 690 g/mol. The van der Waals surface area contributed by atoms with Crippen LogP contribution in [0.5, 0.6) is 17.2 Å². The van der Waals surface area contributed by atoms with Gasteiger partial charge in [0.15, 0.2) is 18.1 Å². The number of methoxy groups -OCH3 is 1. The fraction of sp³-hybridized carbons (Fsp3) is 0.484. The Kier molecular flexibility index (Phi) is 9.82. The summed E-state index contributed by atoms with van der Waals surface area (Å²) in [6.07, 6.45) is -4.85. The Labute approximate surface area is 274 Å². The van der Waals surface area contributed by atoms with Gasteiger partial charge in [0.25, 0.3) is 0 Å². The molecule has 2 aromatic carbocycles. The lowest BCUT2D eigenvalue weighted by atomic mass is 9.71. The van der Waals surface area contributed by atoms with E-state index in [9.17, 15) is 39.6 Å². The highest BCUT2D eigenvalue weighted by Crippen LogP contribution is 2.53. The monoisotopic (exact) mass is 689 g/mol. The average Bonchev–Trinajstić information content (AvgIpc) is 3.03. The molecule has 0 aromatic heterocycles. The highest BCUT2D eigenvalue weighted by atomic mass is 32.5. The summed E-state index contributed by atoms with van der Waals surface area (Å²) in [6, 6.07) is 2.02. The maximum atomic E-state index is 13.9. The van der Waals surface area contributed by atoms with Crippen molar-refractivity contribution in [2.24, 2.45) is 21.3 Å². The molecule has 1 saturated heterocycles.